The molecule has 8 nitrogen and oxygen atoms in total. The molecule has 9 heteroatoms. The second-order valence-corrected chi connectivity index (χ2v) is 7.33. The lowest BCUT2D eigenvalue weighted by Gasteiger charge is -2.04. The van der Waals surface area contributed by atoms with E-state index in [0.717, 1.165) is 24.4 Å². The summed E-state index contributed by atoms with van der Waals surface area (Å²) in [5, 5.41) is 18.7. The van der Waals surface area contributed by atoms with E-state index in [2.05, 4.69) is 15.4 Å². The zero-order chi connectivity index (χ0) is 19.5. The minimum absolute atomic E-state index is 0.0644. The fourth-order valence-corrected chi connectivity index (χ4v) is 3.42. The van der Waals surface area contributed by atoms with Gasteiger partial charge in [0.25, 0.3) is 5.69 Å². The van der Waals surface area contributed by atoms with Crippen molar-refractivity contribution in [2.24, 2.45) is 0 Å². The average molecular weight is 395 g/mol. The molecule has 0 atom stereocenters. The van der Waals surface area contributed by atoms with E-state index in [1.54, 1.807) is 12.1 Å². The van der Waals surface area contributed by atoms with Gasteiger partial charge >= 0.3 is 0 Å². The van der Waals surface area contributed by atoms with Crippen molar-refractivity contribution in [2.75, 3.05) is 11.1 Å². The molecule has 2 aromatic carbocycles. The maximum Gasteiger partial charge on any atom is 0.292 e. The molecule has 1 N–H and O–H groups in total. The molecule has 3 aromatic rings. The Hall–Kier alpha value is -3.20. The molecule has 28 heavy (non-hydrogen) atoms. The Labute approximate surface area is 165 Å². The van der Waals surface area contributed by atoms with Gasteiger partial charge < -0.3 is 5.32 Å². The first-order valence-electron chi connectivity index (χ1n) is 8.80. The summed E-state index contributed by atoms with van der Waals surface area (Å²) >= 11 is 1.21. The lowest BCUT2D eigenvalue weighted by Crippen LogP contribution is -2.15. The number of nitrogens with zero attached hydrogens (tertiary/aromatic N) is 4. The fourth-order valence-electron chi connectivity index (χ4n) is 2.79. The van der Waals surface area contributed by atoms with Crippen molar-refractivity contribution in [3.05, 3.63) is 70.5 Å². The molecule has 0 spiro atoms. The Morgan fingerprint density at radius 1 is 1.18 bits per heavy atom. The monoisotopic (exact) mass is 395 g/mol. The number of benzene rings is 2. The Morgan fingerprint density at radius 2 is 1.89 bits per heavy atom. The van der Waals surface area contributed by atoms with Crippen molar-refractivity contribution in [1.82, 2.24) is 14.8 Å². The van der Waals surface area contributed by atoms with Crippen LogP contribution in [-0.2, 0) is 4.79 Å². The molecular weight excluding hydrogens is 378 g/mol. The topological polar surface area (TPSA) is 103 Å². The summed E-state index contributed by atoms with van der Waals surface area (Å²) in [4.78, 5) is 27.4. The number of rotatable bonds is 7. The average Bonchev–Trinajstić information content (AvgIpc) is 3.46. The number of aromatic nitrogens is 3. The van der Waals surface area contributed by atoms with E-state index >= 15 is 0 Å². The molecule has 1 saturated carbocycles. The SMILES string of the molecule is O=C(CSc1nc(C2CC2)n(-c2ccccc2)n1)Nc1ccccc1[N+](=O)[O-]. The summed E-state index contributed by atoms with van der Waals surface area (Å²) < 4.78 is 1.83. The first kappa shape index (κ1) is 18.2. The first-order valence-corrected chi connectivity index (χ1v) is 9.79. The molecule has 0 unspecified atom stereocenters. The molecule has 1 aromatic heterocycles. The number of nitro groups is 1. The highest BCUT2D eigenvalue weighted by atomic mass is 32.2. The van der Waals surface area contributed by atoms with Crippen LogP contribution in [0.25, 0.3) is 5.69 Å². The van der Waals surface area contributed by atoms with Gasteiger partial charge in [0.05, 0.1) is 16.4 Å². The van der Waals surface area contributed by atoms with Crippen LogP contribution in [0.1, 0.15) is 24.6 Å². The first-order chi connectivity index (χ1) is 13.6. The Balaban J connectivity index is 1.45. The van der Waals surface area contributed by atoms with E-state index in [1.807, 2.05) is 35.0 Å². The Bertz CT molecular complexity index is 1020. The number of hydrogen-bond acceptors (Lipinski definition) is 6. The van der Waals surface area contributed by atoms with Gasteiger partial charge in [-0.2, -0.15) is 0 Å². The van der Waals surface area contributed by atoms with Crippen molar-refractivity contribution in [3.63, 3.8) is 0 Å². The van der Waals surface area contributed by atoms with E-state index in [1.165, 1.54) is 23.9 Å². The quantitative estimate of drug-likeness (QED) is 0.371. The minimum Gasteiger partial charge on any atom is -0.320 e. The summed E-state index contributed by atoms with van der Waals surface area (Å²) in [7, 11) is 0. The molecule has 4 rings (SSSR count). The third kappa shape index (κ3) is 4.04. The molecule has 0 saturated heterocycles. The lowest BCUT2D eigenvalue weighted by molar-refractivity contribution is -0.383. The predicted octanol–water partition coefficient (Wildman–Crippen LogP) is 3.78. The van der Waals surface area contributed by atoms with E-state index in [9.17, 15) is 14.9 Å². The molecule has 0 aliphatic heterocycles. The second-order valence-electron chi connectivity index (χ2n) is 6.39. The van der Waals surface area contributed by atoms with E-state index in [-0.39, 0.29) is 23.0 Å². The van der Waals surface area contributed by atoms with Crippen LogP contribution in [0, 0.1) is 10.1 Å². The molecule has 0 bridgehead atoms. The van der Waals surface area contributed by atoms with Crippen LogP contribution >= 0.6 is 11.8 Å². The zero-order valence-electron chi connectivity index (χ0n) is 14.8. The molecule has 1 heterocycles. The fraction of sp³-hybridized carbons (Fsp3) is 0.211. The molecule has 1 amide bonds. The minimum atomic E-state index is -0.520. The standard InChI is InChI=1S/C19H17N5O3S/c25-17(20-15-8-4-5-9-16(15)24(26)27)12-28-19-21-18(13-10-11-13)23(22-19)14-6-2-1-3-7-14/h1-9,13H,10-12H2,(H,20,25). The van der Waals surface area contributed by atoms with Crippen LogP contribution in [0.2, 0.25) is 0 Å². The summed E-state index contributed by atoms with van der Waals surface area (Å²) in [6.07, 6.45) is 2.18. The van der Waals surface area contributed by atoms with Gasteiger partial charge in [0.15, 0.2) is 0 Å². The highest BCUT2D eigenvalue weighted by Crippen LogP contribution is 2.40. The molecule has 1 fully saturated rings. The normalized spacial score (nSPS) is 13.3. The Morgan fingerprint density at radius 3 is 2.61 bits per heavy atom. The number of nitro benzene ring substituents is 1. The number of hydrogen-bond donors (Lipinski definition) is 1. The maximum atomic E-state index is 12.3. The van der Waals surface area contributed by atoms with E-state index < -0.39 is 4.92 Å². The van der Waals surface area contributed by atoms with Crippen LogP contribution < -0.4 is 5.32 Å². The van der Waals surface area contributed by atoms with Crippen LogP contribution in [0.5, 0.6) is 0 Å². The van der Waals surface area contributed by atoms with E-state index in [4.69, 9.17) is 0 Å². The highest BCUT2D eigenvalue weighted by molar-refractivity contribution is 7.99. The summed E-state index contributed by atoms with van der Waals surface area (Å²) in [6.45, 7) is 0. The second kappa shape index (κ2) is 7.81. The van der Waals surface area contributed by atoms with Crippen molar-refractivity contribution in [2.45, 2.75) is 23.9 Å². The summed E-state index contributed by atoms with van der Waals surface area (Å²) in [5.74, 6) is 1.04. The van der Waals surface area contributed by atoms with E-state index in [0.29, 0.717) is 11.1 Å². The van der Waals surface area contributed by atoms with Gasteiger partial charge in [-0.1, -0.05) is 42.1 Å². The van der Waals surface area contributed by atoms with Gasteiger partial charge in [0, 0.05) is 12.0 Å². The largest absolute Gasteiger partial charge is 0.320 e. The highest BCUT2D eigenvalue weighted by Gasteiger charge is 2.30. The number of nitrogens with one attached hydrogen (secondary N) is 1. The van der Waals surface area contributed by atoms with Gasteiger partial charge in [-0.3, -0.25) is 14.9 Å². The van der Waals surface area contributed by atoms with Crippen molar-refractivity contribution >= 4 is 29.0 Å². The van der Waals surface area contributed by atoms with Gasteiger partial charge in [-0.05, 0) is 31.0 Å². The predicted molar refractivity (Wildman–Crippen MR) is 106 cm³/mol. The molecular formula is C19H17N5O3S. The van der Waals surface area contributed by atoms with Crippen LogP contribution in [0.4, 0.5) is 11.4 Å². The van der Waals surface area contributed by atoms with Crippen molar-refractivity contribution in [3.8, 4) is 5.69 Å². The third-order valence-electron chi connectivity index (χ3n) is 4.26. The maximum absolute atomic E-state index is 12.3. The molecule has 142 valence electrons. The van der Waals surface area contributed by atoms with Gasteiger partial charge in [-0.15, -0.1) is 5.10 Å². The van der Waals surface area contributed by atoms with Crippen LogP contribution in [-0.4, -0.2) is 31.3 Å². The van der Waals surface area contributed by atoms with Crippen LogP contribution in [0.3, 0.4) is 0 Å². The van der Waals surface area contributed by atoms with Gasteiger partial charge in [-0.25, -0.2) is 9.67 Å². The molecule has 0 radical (unpaired) electrons. The number of carbonyl (C=O) groups is 1. The smallest absolute Gasteiger partial charge is 0.292 e. The number of amides is 1. The number of thioether (sulfide) groups is 1. The summed E-state index contributed by atoms with van der Waals surface area (Å²) in [6, 6.07) is 15.8. The van der Waals surface area contributed by atoms with Crippen LogP contribution in [0.15, 0.2) is 59.8 Å². The van der Waals surface area contributed by atoms with Gasteiger partial charge in [0.2, 0.25) is 11.1 Å². The molecule has 1 aliphatic carbocycles. The summed E-state index contributed by atoms with van der Waals surface area (Å²) in [5.41, 5.74) is 0.982. The lowest BCUT2D eigenvalue weighted by atomic mass is 10.2. The Kier molecular flexibility index (Phi) is 5.07. The number of para-hydroxylation sites is 3. The number of carbonyl (C=O) groups excluding carboxylic acids is 1. The third-order valence-corrected chi connectivity index (χ3v) is 5.10. The zero-order valence-corrected chi connectivity index (χ0v) is 15.6. The number of anilines is 1. The van der Waals surface area contributed by atoms with Gasteiger partial charge in [0.1, 0.15) is 11.5 Å². The van der Waals surface area contributed by atoms with Crippen molar-refractivity contribution < 1.29 is 9.72 Å². The van der Waals surface area contributed by atoms with Crippen molar-refractivity contribution in [1.29, 1.82) is 0 Å². The molecule has 1 aliphatic rings.